The minimum absolute atomic E-state index is 0.0325. The first-order chi connectivity index (χ1) is 14.2. The van der Waals surface area contributed by atoms with Crippen LogP contribution in [-0.4, -0.2) is 25.6 Å². The summed E-state index contributed by atoms with van der Waals surface area (Å²) in [6.07, 6.45) is 8.95. The summed E-state index contributed by atoms with van der Waals surface area (Å²) < 4.78 is 3.35. The number of hydrogen-bond donors (Lipinski definition) is 1. The van der Waals surface area contributed by atoms with Crippen molar-refractivity contribution in [2.75, 3.05) is 0 Å². The van der Waals surface area contributed by atoms with E-state index in [0.29, 0.717) is 6.04 Å². The van der Waals surface area contributed by atoms with Gasteiger partial charge in [-0.15, -0.1) is 0 Å². The van der Waals surface area contributed by atoms with Crippen LogP contribution in [0.4, 0.5) is 0 Å². The lowest BCUT2D eigenvalue weighted by Gasteiger charge is -2.33. The Kier molecular flexibility index (Phi) is 5.14. The van der Waals surface area contributed by atoms with Crippen LogP contribution in [0.25, 0.3) is 5.69 Å². The summed E-state index contributed by atoms with van der Waals surface area (Å²) in [5.74, 6) is 0. The van der Waals surface area contributed by atoms with Crippen molar-refractivity contribution in [3.63, 3.8) is 0 Å². The lowest BCUT2D eigenvalue weighted by Crippen LogP contribution is -2.38. The third kappa shape index (κ3) is 3.49. The SMILES string of the molecule is S=C1N[C@H](c2ccccn2)[C@H](c2cccn2-c2cccc(Br)c2)N1C1CCCC1. The maximum Gasteiger partial charge on any atom is 0.170 e. The van der Waals surface area contributed by atoms with Gasteiger partial charge < -0.3 is 14.8 Å². The smallest absolute Gasteiger partial charge is 0.170 e. The van der Waals surface area contributed by atoms with E-state index in [1.807, 2.05) is 12.3 Å². The number of nitrogens with one attached hydrogen (secondary N) is 1. The molecule has 3 heterocycles. The van der Waals surface area contributed by atoms with Crippen LogP contribution in [0.5, 0.6) is 0 Å². The van der Waals surface area contributed by atoms with Crippen LogP contribution in [0.1, 0.15) is 49.2 Å². The highest BCUT2D eigenvalue weighted by Crippen LogP contribution is 2.43. The monoisotopic (exact) mass is 466 g/mol. The van der Waals surface area contributed by atoms with Gasteiger partial charge in [-0.2, -0.15) is 0 Å². The molecule has 29 heavy (non-hydrogen) atoms. The number of pyridine rings is 1. The molecule has 0 bridgehead atoms. The first-order valence-electron chi connectivity index (χ1n) is 10.2. The average molecular weight is 467 g/mol. The normalized spacial score (nSPS) is 22.2. The third-order valence-electron chi connectivity index (χ3n) is 6.02. The van der Waals surface area contributed by atoms with E-state index >= 15 is 0 Å². The molecule has 1 N–H and O–H groups in total. The molecule has 0 unspecified atom stereocenters. The lowest BCUT2D eigenvalue weighted by atomic mass is 9.99. The number of hydrogen-bond acceptors (Lipinski definition) is 2. The molecule has 1 aliphatic heterocycles. The maximum atomic E-state index is 5.86. The van der Waals surface area contributed by atoms with E-state index in [-0.39, 0.29) is 12.1 Å². The van der Waals surface area contributed by atoms with Gasteiger partial charge in [0.05, 0.1) is 17.8 Å². The summed E-state index contributed by atoms with van der Waals surface area (Å²) in [4.78, 5) is 7.12. The standard InChI is InChI=1S/C23H23BrN4S/c24-16-7-5-10-18(15-16)27-14-6-12-20(27)22-21(19-11-3-4-13-25-19)26-23(29)28(22)17-8-1-2-9-17/h3-7,10-15,17,21-22H,1-2,8-9H2,(H,26,29)/t21-,22+/m1/s1. The molecule has 0 radical (unpaired) electrons. The predicted molar refractivity (Wildman–Crippen MR) is 123 cm³/mol. The molecule has 0 spiro atoms. The zero-order chi connectivity index (χ0) is 19.8. The average Bonchev–Trinajstić information content (AvgIpc) is 3.48. The molecule has 1 aromatic carbocycles. The number of halogens is 1. The van der Waals surface area contributed by atoms with Crippen molar-refractivity contribution >= 4 is 33.3 Å². The van der Waals surface area contributed by atoms with Gasteiger partial charge in [0, 0.05) is 34.3 Å². The Morgan fingerprint density at radius 2 is 1.90 bits per heavy atom. The molecule has 0 amide bonds. The lowest BCUT2D eigenvalue weighted by molar-refractivity contribution is 0.239. The van der Waals surface area contributed by atoms with Gasteiger partial charge in [-0.05, 0) is 67.5 Å². The van der Waals surface area contributed by atoms with E-state index in [9.17, 15) is 0 Å². The summed E-state index contributed by atoms with van der Waals surface area (Å²) in [7, 11) is 0. The fourth-order valence-corrected chi connectivity index (χ4v) is 5.53. The van der Waals surface area contributed by atoms with Crippen molar-refractivity contribution in [3.8, 4) is 5.69 Å². The number of thiocarbonyl (C=S) groups is 1. The summed E-state index contributed by atoms with van der Waals surface area (Å²) in [6, 6.07) is 19.5. The van der Waals surface area contributed by atoms with Crippen LogP contribution in [0.2, 0.25) is 0 Å². The number of benzene rings is 1. The van der Waals surface area contributed by atoms with Crippen molar-refractivity contribution in [3.05, 3.63) is 82.9 Å². The highest BCUT2D eigenvalue weighted by molar-refractivity contribution is 9.10. The number of nitrogens with zero attached hydrogens (tertiary/aromatic N) is 3. The fraction of sp³-hybridized carbons (Fsp3) is 0.304. The van der Waals surface area contributed by atoms with Gasteiger partial charge in [0.1, 0.15) is 0 Å². The van der Waals surface area contributed by atoms with Crippen molar-refractivity contribution in [2.24, 2.45) is 0 Å². The maximum absolute atomic E-state index is 5.86. The molecule has 2 aliphatic rings. The Bertz CT molecular complexity index is 1010. The molecule has 2 atom stereocenters. The Hall–Kier alpha value is -2.18. The Balaban J connectivity index is 1.62. The molecule has 148 valence electrons. The van der Waals surface area contributed by atoms with Crippen LogP contribution in [-0.2, 0) is 0 Å². The molecule has 1 saturated carbocycles. The van der Waals surface area contributed by atoms with E-state index in [0.717, 1.165) is 21.0 Å². The second-order valence-corrected chi connectivity index (χ2v) is 9.06. The minimum Gasteiger partial charge on any atom is -0.352 e. The van der Waals surface area contributed by atoms with Gasteiger partial charge in [-0.3, -0.25) is 4.98 Å². The van der Waals surface area contributed by atoms with E-state index in [2.05, 4.69) is 90.4 Å². The van der Waals surface area contributed by atoms with Gasteiger partial charge in [-0.25, -0.2) is 0 Å². The molecule has 1 aliphatic carbocycles. The highest BCUT2D eigenvalue weighted by atomic mass is 79.9. The number of aromatic nitrogens is 2. The van der Waals surface area contributed by atoms with E-state index in [1.165, 1.54) is 31.4 Å². The molecule has 4 nitrogen and oxygen atoms in total. The topological polar surface area (TPSA) is 33.1 Å². The third-order valence-corrected chi connectivity index (χ3v) is 6.85. The van der Waals surface area contributed by atoms with Gasteiger partial charge in [-0.1, -0.05) is 40.9 Å². The molecule has 2 fully saturated rings. The highest BCUT2D eigenvalue weighted by Gasteiger charge is 2.44. The zero-order valence-electron chi connectivity index (χ0n) is 16.0. The predicted octanol–water partition coefficient (Wildman–Crippen LogP) is 5.55. The minimum atomic E-state index is 0.0325. The first-order valence-corrected chi connectivity index (χ1v) is 11.4. The van der Waals surface area contributed by atoms with Gasteiger partial charge in [0.25, 0.3) is 0 Å². The Labute approximate surface area is 185 Å². The fourth-order valence-electron chi connectivity index (χ4n) is 4.75. The largest absolute Gasteiger partial charge is 0.352 e. The second-order valence-electron chi connectivity index (χ2n) is 7.76. The summed E-state index contributed by atoms with van der Waals surface area (Å²) >= 11 is 9.47. The van der Waals surface area contributed by atoms with Gasteiger partial charge >= 0.3 is 0 Å². The van der Waals surface area contributed by atoms with Crippen molar-refractivity contribution in [1.29, 1.82) is 0 Å². The van der Waals surface area contributed by atoms with Gasteiger partial charge in [0.2, 0.25) is 0 Å². The van der Waals surface area contributed by atoms with Crippen LogP contribution in [0.3, 0.4) is 0 Å². The first kappa shape index (κ1) is 18.8. The van der Waals surface area contributed by atoms with Crippen LogP contribution in [0, 0.1) is 0 Å². The summed E-state index contributed by atoms with van der Waals surface area (Å²) in [6.45, 7) is 0. The number of rotatable bonds is 4. The van der Waals surface area contributed by atoms with Crippen LogP contribution in [0.15, 0.2) is 71.5 Å². The van der Waals surface area contributed by atoms with E-state index in [4.69, 9.17) is 12.2 Å². The zero-order valence-corrected chi connectivity index (χ0v) is 18.4. The molecule has 5 rings (SSSR count). The van der Waals surface area contributed by atoms with Gasteiger partial charge in [0.15, 0.2) is 5.11 Å². The summed E-state index contributed by atoms with van der Waals surface area (Å²) in [5.41, 5.74) is 3.41. The Morgan fingerprint density at radius 3 is 2.66 bits per heavy atom. The van der Waals surface area contributed by atoms with Crippen molar-refractivity contribution < 1.29 is 0 Å². The van der Waals surface area contributed by atoms with Crippen molar-refractivity contribution in [2.45, 2.75) is 43.8 Å². The molecule has 2 aromatic heterocycles. The van der Waals surface area contributed by atoms with E-state index < -0.39 is 0 Å². The quantitative estimate of drug-likeness (QED) is 0.510. The molecule has 3 aromatic rings. The van der Waals surface area contributed by atoms with E-state index in [1.54, 1.807) is 0 Å². The molecule has 1 saturated heterocycles. The molecular weight excluding hydrogens is 444 g/mol. The Morgan fingerprint density at radius 1 is 1.03 bits per heavy atom. The van der Waals surface area contributed by atoms with Crippen molar-refractivity contribution in [1.82, 2.24) is 19.8 Å². The summed E-state index contributed by atoms with van der Waals surface area (Å²) in [5, 5.41) is 4.44. The van der Waals surface area contributed by atoms with Crippen LogP contribution < -0.4 is 5.32 Å². The molecular formula is C23H23BrN4S. The molecule has 6 heteroatoms. The van der Waals surface area contributed by atoms with Crippen LogP contribution >= 0.6 is 28.1 Å². The second kappa shape index (κ2) is 7.92.